The Balaban J connectivity index is 2.13. The van der Waals surface area contributed by atoms with Crippen molar-refractivity contribution in [1.29, 1.82) is 0 Å². The standard InChI is InChI=1S/C10H14N2O/c1-10(13)4-7-12(8-10)9-2-5-11-6-3-9/h2-3,5-6,13H,4,7-8H2,1H3/t10-/m1/s1. The van der Waals surface area contributed by atoms with E-state index in [1.807, 2.05) is 19.1 Å². The number of nitrogens with zero attached hydrogens (tertiary/aromatic N) is 2. The molecule has 0 radical (unpaired) electrons. The fraction of sp³-hybridized carbons (Fsp3) is 0.500. The van der Waals surface area contributed by atoms with E-state index in [4.69, 9.17) is 0 Å². The van der Waals surface area contributed by atoms with Gasteiger partial charge in [0.2, 0.25) is 0 Å². The van der Waals surface area contributed by atoms with Crippen molar-refractivity contribution < 1.29 is 5.11 Å². The molecule has 1 N–H and O–H groups in total. The second kappa shape index (κ2) is 3.00. The lowest BCUT2D eigenvalue weighted by Gasteiger charge is -2.20. The minimum atomic E-state index is -0.525. The molecule has 1 saturated heterocycles. The van der Waals surface area contributed by atoms with Crippen LogP contribution >= 0.6 is 0 Å². The van der Waals surface area contributed by atoms with E-state index in [1.54, 1.807) is 12.4 Å². The Bertz CT molecular complexity index is 284. The molecule has 0 spiro atoms. The van der Waals surface area contributed by atoms with Crippen molar-refractivity contribution in [2.75, 3.05) is 18.0 Å². The van der Waals surface area contributed by atoms with E-state index >= 15 is 0 Å². The van der Waals surface area contributed by atoms with Crippen molar-refractivity contribution in [2.24, 2.45) is 0 Å². The molecule has 0 unspecified atom stereocenters. The predicted molar refractivity (Wildman–Crippen MR) is 51.7 cm³/mol. The molecule has 1 aliphatic rings. The zero-order valence-electron chi connectivity index (χ0n) is 7.77. The number of hydrogen-bond acceptors (Lipinski definition) is 3. The van der Waals surface area contributed by atoms with Crippen molar-refractivity contribution >= 4 is 5.69 Å². The van der Waals surface area contributed by atoms with E-state index in [2.05, 4.69) is 9.88 Å². The van der Waals surface area contributed by atoms with Crippen LogP contribution in [0.5, 0.6) is 0 Å². The fourth-order valence-electron chi connectivity index (χ4n) is 1.72. The van der Waals surface area contributed by atoms with E-state index in [1.165, 1.54) is 0 Å². The number of aromatic nitrogens is 1. The quantitative estimate of drug-likeness (QED) is 0.698. The lowest BCUT2D eigenvalue weighted by atomic mass is 10.1. The average molecular weight is 178 g/mol. The number of anilines is 1. The predicted octanol–water partition coefficient (Wildman–Crippen LogP) is 1.04. The molecule has 2 rings (SSSR count). The van der Waals surface area contributed by atoms with Gasteiger partial charge in [-0.2, -0.15) is 0 Å². The molecule has 0 aromatic carbocycles. The molecule has 1 aliphatic heterocycles. The first-order valence-corrected chi connectivity index (χ1v) is 4.55. The lowest BCUT2D eigenvalue weighted by Crippen LogP contribution is -2.29. The maximum atomic E-state index is 9.77. The summed E-state index contributed by atoms with van der Waals surface area (Å²) in [6.45, 7) is 3.53. The number of pyridine rings is 1. The molecule has 1 aromatic rings. The molecule has 0 bridgehead atoms. The molecule has 0 amide bonds. The molecular weight excluding hydrogens is 164 g/mol. The highest BCUT2D eigenvalue weighted by molar-refractivity contribution is 5.46. The van der Waals surface area contributed by atoms with Crippen LogP contribution in [0.2, 0.25) is 0 Å². The molecular formula is C10H14N2O. The number of rotatable bonds is 1. The van der Waals surface area contributed by atoms with Gasteiger partial charge >= 0.3 is 0 Å². The van der Waals surface area contributed by atoms with E-state index in [0.29, 0.717) is 0 Å². The van der Waals surface area contributed by atoms with Crippen LogP contribution in [-0.2, 0) is 0 Å². The molecule has 70 valence electrons. The van der Waals surface area contributed by atoms with Gasteiger partial charge in [0, 0.05) is 31.2 Å². The summed E-state index contributed by atoms with van der Waals surface area (Å²) >= 11 is 0. The average Bonchev–Trinajstić information content (AvgIpc) is 2.48. The third kappa shape index (κ3) is 1.80. The summed E-state index contributed by atoms with van der Waals surface area (Å²) in [5.74, 6) is 0. The van der Waals surface area contributed by atoms with Gasteiger partial charge in [0.25, 0.3) is 0 Å². The zero-order valence-corrected chi connectivity index (χ0v) is 7.77. The minimum absolute atomic E-state index is 0.525. The highest BCUT2D eigenvalue weighted by atomic mass is 16.3. The van der Waals surface area contributed by atoms with Crippen molar-refractivity contribution in [2.45, 2.75) is 18.9 Å². The van der Waals surface area contributed by atoms with Gasteiger partial charge in [-0.25, -0.2) is 0 Å². The van der Waals surface area contributed by atoms with Gasteiger partial charge in [0.1, 0.15) is 0 Å². The molecule has 0 saturated carbocycles. The van der Waals surface area contributed by atoms with Crippen LogP contribution in [0.15, 0.2) is 24.5 Å². The summed E-state index contributed by atoms with van der Waals surface area (Å²) in [7, 11) is 0. The Labute approximate surface area is 78.0 Å². The van der Waals surface area contributed by atoms with Crippen LogP contribution in [0, 0.1) is 0 Å². The first-order chi connectivity index (χ1) is 6.17. The maximum absolute atomic E-state index is 9.77. The zero-order chi connectivity index (χ0) is 9.31. The van der Waals surface area contributed by atoms with Crippen molar-refractivity contribution in [3.8, 4) is 0 Å². The summed E-state index contributed by atoms with van der Waals surface area (Å²) in [6, 6.07) is 3.95. The van der Waals surface area contributed by atoms with E-state index < -0.39 is 5.60 Å². The Morgan fingerprint density at radius 2 is 2.15 bits per heavy atom. The second-order valence-corrected chi connectivity index (χ2v) is 3.87. The summed E-state index contributed by atoms with van der Waals surface area (Å²) in [4.78, 5) is 6.15. The van der Waals surface area contributed by atoms with Crippen molar-refractivity contribution in [3.63, 3.8) is 0 Å². The Hall–Kier alpha value is -1.09. The van der Waals surface area contributed by atoms with Crippen LogP contribution in [-0.4, -0.2) is 28.8 Å². The Morgan fingerprint density at radius 1 is 1.46 bits per heavy atom. The molecule has 0 aliphatic carbocycles. The van der Waals surface area contributed by atoms with Gasteiger partial charge in [-0.1, -0.05) is 0 Å². The maximum Gasteiger partial charge on any atom is 0.0810 e. The third-order valence-electron chi connectivity index (χ3n) is 2.48. The van der Waals surface area contributed by atoms with Crippen molar-refractivity contribution in [1.82, 2.24) is 4.98 Å². The topological polar surface area (TPSA) is 36.4 Å². The van der Waals surface area contributed by atoms with E-state index in [-0.39, 0.29) is 0 Å². The first-order valence-electron chi connectivity index (χ1n) is 4.55. The summed E-state index contributed by atoms with van der Waals surface area (Å²) < 4.78 is 0. The monoisotopic (exact) mass is 178 g/mol. The second-order valence-electron chi connectivity index (χ2n) is 3.87. The fourth-order valence-corrected chi connectivity index (χ4v) is 1.72. The number of hydrogen-bond donors (Lipinski definition) is 1. The van der Waals surface area contributed by atoms with Crippen LogP contribution in [0.1, 0.15) is 13.3 Å². The SMILES string of the molecule is C[C@@]1(O)CCN(c2ccncc2)C1. The molecule has 3 heteroatoms. The summed E-state index contributed by atoms with van der Waals surface area (Å²) in [6.07, 6.45) is 4.40. The lowest BCUT2D eigenvalue weighted by molar-refractivity contribution is 0.0839. The van der Waals surface area contributed by atoms with Gasteiger partial charge in [0.05, 0.1) is 5.60 Å². The highest BCUT2D eigenvalue weighted by Crippen LogP contribution is 2.25. The van der Waals surface area contributed by atoms with E-state index in [0.717, 1.165) is 25.2 Å². The normalized spacial score (nSPS) is 28.0. The largest absolute Gasteiger partial charge is 0.388 e. The number of β-amino-alcohol motifs (C(OH)–C–C–N with tert-alkyl or cyclic N) is 1. The summed E-state index contributed by atoms with van der Waals surface area (Å²) in [5.41, 5.74) is 0.622. The van der Waals surface area contributed by atoms with Gasteiger partial charge in [-0.15, -0.1) is 0 Å². The number of aliphatic hydroxyl groups is 1. The smallest absolute Gasteiger partial charge is 0.0810 e. The highest BCUT2D eigenvalue weighted by Gasteiger charge is 2.31. The van der Waals surface area contributed by atoms with Crippen LogP contribution in [0.25, 0.3) is 0 Å². The summed E-state index contributed by atoms with van der Waals surface area (Å²) in [5, 5.41) is 9.77. The van der Waals surface area contributed by atoms with Crippen LogP contribution in [0.4, 0.5) is 5.69 Å². The molecule has 2 heterocycles. The minimum Gasteiger partial charge on any atom is -0.388 e. The van der Waals surface area contributed by atoms with Gasteiger partial charge < -0.3 is 10.0 Å². The van der Waals surface area contributed by atoms with Gasteiger partial charge in [-0.05, 0) is 25.5 Å². The molecule has 13 heavy (non-hydrogen) atoms. The van der Waals surface area contributed by atoms with Crippen molar-refractivity contribution in [3.05, 3.63) is 24.5 Å². The van der Waals surface area contributed by atoms with Crippen LogP contribution < -0.4 is 4.90 Å². The van der Waals surface area contributed by atoms with Crippen LogP contribution in [0.3, 0.4) is 0 Å². The molecule has 1 aromatic heterocycles. The molecule has 1 atom stereocenters. The first kappa shape index (κ1) is 8.51. The van der Waals surface area contributed by atoms with Gasteiger partial charge in [0.15, 0.2) is 0 Å². The molecule has 3 nitrogen and oxygen atoms in total. The molecule has 1 fully saturated rings. The van der Waals surface area contributed by atoms with E-state index in [9.17, 15) is 5.11 Å². The Kier molecular flexibility index (Phi) is 1.96. The Morgan fingerprint density at radius 3 is 2.69 bits per heavy atom. The third-order valence-corrected chi connectivity index (χ3v) is 2.48. The van der Waals surface area contributed by atoms with Gasteiger partial charge in [-0.3, -0.25) is 4.98 Å².